The lowest BCUT2D eigenvalue weighted by Gasteiger charge is -2.18. The summed E-state index contributed by atoms with van der Waals surface area (Å²) in [5.41, 5.74) is 0.353. The molecule has 1 N–H and O–H groups in total. The van der Waals surface area contributed by atoms with E-state index < -0.39 is 10.8 Å². The molecule has 0 spiro atoms. The summed E-state index contributed by atoms with van der Waals surface area (Å²) in [5, 5.41) is 3.35. The van der Waals surface area contributed by atoms with Gasteiger partial charge >= 0.3 is 0 Å². The maximum Gasteiger partial charge on any atom is 0.0244 e. The van der Waals surface area contributed by atoms with Crippen LogP contribution < -0.4 is 5.32 Å². The molecule has 0 radical (unpaired) electrons. The van der Waals surface area contributed by atoms with Crippen molar-refractivity contribution in [1.29, 1.82) is 0 Å². The summed E-state index contributed by atoms with van der Waals surface area (Å²) in [4.78, 5) is 0. The van der Waals surface area contributed by atoms with E-state index in [0.29, 0.717) is 5.41 Å². The van der Waals surface area contributed by atoms with Crippen LogP contribution in [0.5, 0.6) is 0 Å². The molecule has 0 saturated heterocycles. The minimum atomic E-state index is -0.630. The standard InChI is InChI=1S/C9H21NOS/c1-9(2,3)8-10-6-5-7-12(4)11/h10H,5-8H2,1-4H3. The van der Waals surface area contributed by atoms with Crippen molar-refractivity contribution in [3.8, 4) is 0 Å². The van der Waals surface area contributed by atoms with Gasteiger partial charge in [-0.2, -0.15) is 0 Å². The Kier molecular flexibility index (Phi) is 5.76. The lowest BCUT2D eigenvalue weighted by Crippen LogP contribution is -2.28. The Morgan fingerprint density at radius 3 is 2.33 bits per heavy atom. The summed E-state index contributed by atoms with van der Waals surface area (Å²) < 4.78 is 10.7. The molecule has 0 aliphatic rings. The van der Waals surface area contributed by atoms with Crippen LogP contribution in [-0.2, 0) is 10.8 Å². The van der Waals surface area contributed by atoms with Crippen LogP contribution in [0.2, 0.25) is 0 Å². The second-order valence-electron chi connectivity index (χ2n) is 4.37. The predicted octanol–water partition coefficient (Wildman–Crippen LogP) is 1.39. The molecule has 0 aromatic heterocycles. The lowest BCUT2D eigenvalue weighted by molar-refractivity contribution is 0.381. The van der Waals surface area contributed by atoms with Gasteiger partial charge in [0.2, 0.25) is 0 Å². The van der Waals surface area contributed by atoms with E-state index in [-0.39, 0.29) is 0 Å². The average molecular weight is 191 g/mol. The molecule has 0 aliphatic heterocycles. The van der Waals surface area contributed by atoms with Gasteiger partial charge in [-0.15, -0.1) is 0 Å². The molecule has 0 aromatic rings. The monoisotopic (exact) mass is 191 g/mol. The summed E-state index contributed by atoms with van der Waals surface area (Å²) in [6.45, 7) is 8.63. The third kappa shape index (κ3) is 10.1. The van der Waals surface area contributed by atoms with Crippen LogP contribution in [0.4, 0.5) is 0 Å². The van der Waals surface area contributed by atoms with Gasteiger partial charge in [-0.25, -0.2) is 0 Å². The maximum atomic E-state index is 10.7. The number of hydrogen-bond acceptors (Lipinski definition) is 2. The fraction of sp³-hybridized carbons (Fsp3) is 1.00. The molecule has 0 heterocycles. The van der Waals surface area contributed by atoms with Gasteiger partial charge < -0.3 is 5.32 Å². The van der Waals surface area contributed by atoms with Gasteiger partial charge in [0.1, 0.15) is 0 Å². The zero-order chi connectivity index (χ0) is 9.61. The van der Waals surface area contributed by atoms with E-state index in [1.54, 1.807) is 6.26 Å². The van der Waals surface area contributed by atoms with E-state index >= 15 is 0 Å². The number of rotatable bonds is 5. The first-order valence-electron chi connectivity index (χ1n) is 4.42. The molecule has 0 bridgehead atoms. The first-order chi connectivity index (χ1) is 5.42. The van der Waals surface area contributed by atoms with E-state index in [1.165, 1.54) is 0 Å². The normalized spacial score (nSPS) is 14.7. The largest absolute Gasteiger partial charge is 0.316 e. The van der Waals surface area contributed by atoms with Crippen LogP contribution in [0, 0.1) is 5.41 Å². The first-order valence-corrected chi connectivity index (χ1v) is 6.15. The van der Waals surface area contributed by atoms with Crippen molar-refractivity contribution in [1.82, 2.24) is 5.32 Å². The second-order valence-corrected chi connectivity index (χ2v) is 5.92. The Hall–Kier alpha value is 0.110. The van der Waals surface area contributed by atoms with E-state index in [0.717, 1.165) is 25.3 Å². The molecular formula is C9H21NOS. The van der Waals surface area contributed by atoms with E-state index in [2.05, 4.69) is 26.1 Å². The number of hydrogen-bond donors (Lipinski definition) is 1. The van der Waals surface area contributed by atoms with Crippen molar-refractivity contribution in [2.24, 2.45) is 5.41 Å². The van der Waals surface area contributed by atoms with Gasteiger partial charge in [0.05, 0.1) is 0 Å². The fourth-order valence-corrected chi connectivity index (χ4v) is 1.41. The van der Waals surface area contributed by atoms with Crippen molar-refractivity contribution in [2.75, 3.05) is 25.1 Å². The second kappa shape index (κ2) is 5.70. The Labute approximate surface area is 78.6 Å². The van der Waals surface area contributed by atoms with Crippen LogP contribution >= 0.6 is 0 Å². The van der Waals surface area contributed by atoms with Crippen LogP contribution in [0.25, 0.3) is 0 Å². The molecule has 0 aliphatic carbocycles. The molecule has 74 valence electrons. The van der Waals surface area contributed by atoms with Crippen molar-refractivity contribution >= 4 is 10.8 Å². The SMILES string of the molecule is CS(=O)CCCNCC(C)(C)C. The summed E-state index contributed by atoms with van der Waals surface area (Å²) in [6.07, 6.45) is 2.77. The molecule has 0 rings (SSSR count). The highest BCUT2D eigenvalue weighted by Gasteiger charge is 2.07. The van der Waals surface area contributed by atoms with Gasteiger partial charge in [0, 0.05) is 22.8 Å². The van der Waals surface area contributed by atoms with Crippen LogP contribution in [0.15, 0.2) is 0 Å². The molecular weight excluding hydrogens is 170 g/mol. The molecule has 0 saturated carbocycles. The number of nitrogens with one attached hydrogen (secondary N) is 1. The van der Waals surface area contributed by atoms with Gasteiger partial charge in [0.25, 0.3) is 0 Å². The van der Waals surface area contributed by atoms with Gasteiger partial charge in [0.15, 0.2) is 0 Å². The predicted molar refractivity (Wildman–Crippen MR) is 55.9 cm³/mol. The Bertz CT molecular complexity index is 140. The highest BCUT2D eigenvalue weighted by molar-refractivity contribution is 7.84. The minimum Gasteiger partial charge on any atom is -0.316 e. The summed E-state index contributed by atoms with van der Waals surface area (Å²) in [5.74, 6) is 0.817. The van der Waals surface area contributed by atoms with E-state index in [9.17, 15) is 4.21 Å². The zero-order valence-electron chi connectivity index (χ0n) is 8.64. The van der Waals surface area contributed by atoms with Crippen molar-refractivity contribution in [2.45, 2.75) is 27.2 Å². The highest BCUT2D eigenvalue weighted by atomic mass is 32.2. The van der Waals surface area contributed by atoms with Crippen LogP contribution in [0.1, 0.15) is 27.2 Å². The Balaban J connectivity index is 3.17. The quantitative estimate of drug-likeness (QED) is 0.665. The Morgan fingerprint density at radius 1 is 1.33 bits per heavy atom. The molecule has 0 amide bonds. The third-order valence-electron chi connectivity index (χ3n) is 1.44. The molecule has 12 heavy (non-hydrogen) atoms. The zero-order valence-corrected chi connectivity index (χ0v) is 9.46. The van der Waals surface area contributed by atoms with Crippen molar-refractivity contribution < 1.29 is 4.21 Å². The van der Waals surface area contributed by atoms with Crippen LogP contribution in [-0.4, -0.2) is 29.3 Å². The van der Waals surface area contributed by atoms with E-state index in [1.807, 2.05) is 0 Å². The molecule has 0 aromatic carbocycles. The Morgan fingerprint density at radius 2 is 1.92 bits per heavy atom. The van der Waals surface area contributed by atoms with Crippen molar-refractivity contribution in [3.63, 3.8) is 0 Å². The molecule has 1 unspecified atom stereocenters. The average Bonchev–Trinajstić information content (AvgIpc) is 1.83. The molecule has 0 fully saturated rings. The fourth-order valence-electron chi connectivity index (χ4n) is 0.864. The van der Waals surface area contributed by atoms with Crippen molar-refractivity contribution in [3.05, 3.63) is 0 Å². The first kappa shape index (κ1) is 12.1. The molecule has 1 atom stereocenters. The molecule has 2 nitrogen and oxygen atoms in total. The summed E-state index contributed by atoms with van der Waals surface area (Å²) in [7, 11) is -0.630. The topological polar surface area (TPSA) is 29.1 Å². The minimum absolute atomic E-state index is 0.353. The summed E-state index contributed by atoms with van der Waals surface area (Å²) >= 11 is 0. The third-order valence-corrected chi connectivity index (χ3v) is 2.30. The van der Waals surface area contributed by atoms with Gasteiger partial charge in [-0.05, 0) is 24.9 Å². The summed E-state index contributed by atoms with van der Waals surface area (Å²) in [6, 6.07) is 0. The molecule has 3 heteroatoms. The van der Waals surface area contributed by atoms with Gasteiger partial charge in [-0.3, -0.25) is 4.21 Å². The van der Waals surface area contributed by atoms with Gasteiger partial charge in [-0.1, -0.05) is 20.8 Å². The van der Waals surface area contributed by atoms with Crippen LogP contribution in [0.3, 0.4) is 0 Å². The highest BCUT2D eigenvalue weighted by Crippen LogP contribution is 2.09. The van der Waals surface area contributed by atoms with E-state index in [4.69, 9.17) is 0 Å². The smallest absolute Gasteiger partial charge is 0.0244 e. The lowest BCUT2D eigenvalue weighted by atomic mass is 9.97. The maximum absolute atomic E-state index is 10.7.